The van der Waals surface area contributed by atoms with Crippen LogP contribution in [0.25, 0.3) is 22.5 Å². The summed E-state index contributed by atoms with van der Waals surface area (Å²) in [6.45, 7) is 30.7. The Morgan fingerprint density at radius 1 is 0.345 bits per heavy atom. The number of nitrogens with one attached hydrogen (secondary N) is 2. The van der Waals surface area contributed by atoms with E-state index in [4.69, 9.17) is 77.7 Å². The fourth-order valence-electron chi connectivity index (χ4n) is 13.6. The van der Waals surface area contributed by atoms with Crippen LogP contribution in [-0.4, -0.2) is 112 Å². The van der Waals surface area contributed by atoms with Gasteiger partial charge in [-0.05, 0) is 240 Å². The number of nitrogens with two attached hydrogens (primary N) is 2. The number of amides is 2. The van der Waals surface area contributed by atoms with Crippen molar-refractivity contribution in [2.75, 3.05) is 31.5 Å². The molecule has 3 aromatic heterocycles. The van der Waals surface area contributed by atoms with Crippen LogP contribution in [-0.2, 0) is 65.3 Å². The Balaban J connectivity index is 0.000000338. The van der Waals surface area contributed by atoms with E-state index in [9.17, 15) is 19.2 Å². The van der Waals surface area contributed by atoms with Gasteiger partial charge >= 0.3 is 184 Å². The van der Waals surface area contributed by atoms with Crippen molar-refractivity contribution in [3.05, 3.63) is 383 Å². The number of nitrogens with zero attached hydrogens (tertiary/aromatic N) is 3. The molecule has 10 aromatic carbocycles. The fourth-order valence-corrected chi connectivity index (χ4v) is 34.2. The maximum absolute atomic E-state index is 11.5. The van der Waals surface area contributed by atoms with Gasteiger partial charge in [-0.25, -0.2) is 19.2 Å². The first-order chi connectivity index (χ1) is 68.0. The largest absolute Gasteiger partial charge is 0.0622 e. The molecule has 0 unspecified atom stereocenters. The van der Waals surface area contributed by atoms with Crippen LogP contribution in [0.4, 0.5) is 19.2 Å². The number of carbonyl (C=O) groups excluding carboxylic acids is 4. The summed E-state index contributed by atoms with van der Waals surface area (Å²) < 4.78 is 32.4. The van der Waals surface area contributed by atoms with Gasteiger partial charge in [-0.3, -0.25) is 9.97 Å². The Labute approximate surface area is 897 Å². The number of alkyl carbamates (subject to hydrolysis) is 2. The van der Waals surface area contributed by atoms with Gasteiger partial charge in [0, 0.05) is 45.6 Å². The molecule has 0 atom stereocenters. The molecule has 13 aromatic rings. The van der Waals surface area contributed by atoms with Crippen LogP contribution in [0.3, 0.4) is 0 Å². The molecule has 142 heavy (non-hydrogen) atoms. The molecule has 2 amide bonds. The molecule has 0 fully saturated rings. The molecule has 13 rings (SSSR count). The maximum Gasteiger partial charge on any atom is -0.0134 e. The third-order valence-electron chi connectivity index (χ3n) is 20.0. The summed E-state index contributed by atoms with van der Waals surface area (Å²) in [4.78, 5) is 58.4. The van der Waals surface area contributed by atoms with Gasteiger partial charge in [0.2, 0.25) is 0 Å². The first-order valence-electron chi connectivity index (χ1n) is 47.8. The number of rotatable bonds is 28. The van der Waals surface area contributed by atoms with Crippen LogP contribution in [0.1, 0.15) is 165 Å². The molecule has 26 heteroatoms. The van der Waals surface area contributed by atoms with Crippen LogP contribution in [0.15, 0.2) is 361 Å². The molecule has 0 aliphatic carbocycles. The number of hydrogen-bond donors (Lipinski definition) is 4. The van der Waals surface area contributed by atoms with Crippen molar-refractivity contribution in [2.45, 2.75) is 204 Å². The van der Waals surface area contributed by atoms with Crippen molar-refractivity contribution in [3.8, 4) is 22.5 Å². The van der Waals surface area contributed by atoms with Crippen molar-refractivity contribution in [1.82, 2.24) is 25.6 Å². The molecule has 16 nitrogen and oxygen atoms in total. The molecule has 764 valence electrons. The van der Waals surface area contributed by atoms with E-state index in [-0.39, 0.29) is 33.5 Å². The summed E-state index contributed by atoms with van der Waals surface area (Å²) in [6, 6.07) is 116. The number of alkyl halides is 2. The van der Waals surface area contributed by atoms with Crippen LogP contribution >= 0.6 is 90.0 Å². The molecule has 3 heterocycles. The zero-order chi connectivity index (χ0) is 104. The van der Waals surface area contributed by atoms with Crippen molar-refractivity contribution < 1.29 is 58.8 Å². The second-order valence-electron chi connectivity index (χ2n) is 36.2. The maximum atomic E-state index is 11.5. The molecule has 0 saturated heterocycles. The molecule has 0 spiro atoms. The minimum Gasteiger partial charge on any atom is -0.0622 e. The van der Waals surface area contributed by atoms with E-state index in [2.05, 4.69) is 327 Å². The quantitative estimate of drug-likeness (QED) is 0.00893. The van der Waals surface area contributed by atoms with E-state index in [0.717, 1.165) is 69.3 Å². The van der Waals surface area contributed by atoms with Gasteiger partial charge in [0.25, 0.3) is 0 Å². The molecule has 0 bridgehead atoms. The first kappa shape index (κ1) is 126. The molecular formula is C116H145Br2Cl4N7O9P2PdSn. The molecule has 0 radical (unpaired) electrons. The van der Waals surface area contributed by atoms with E-state index >= 15 is 0 Å². The topological polar surface area (TPSA) is 229 Å². The van der Waals surface area contributed by atoms with Gasteiger partial charge in [0.15, 0.2) is 0 Å². The third-order valence-corrected chi connectivity index (χ3v) is 41.1. The first-order valence-corrected chi connectivity index (χ1v) is 64.6. The molecule has 0 saturated carbocycles. The van der Waals surface area contributed by atoms with Crippen molar-refractivity contribution in [3.63, 3.8) is 0 Å². The Hall–Kier alpha value is -8.71. The fraction of sp³-hybridized carbons (Fsp3) is 0.319. The molecule has 0 aliphatic heterocycles. The Kier molecular flexibility index (Phi) is 64.2. The second kappa shape index (κ2) is 72.5. The number of halogens is 6. The monoisotopic (exact) mass is 2370 g/mol. The minimum absolute atomic E-state index is 0.106. The standard InChI is InChI=1S/C18H22N2O2.2C18H15P.C13H18BrNO2.C13H14N2.C10H18O5.C8H10BrN.C5H4N.3C4H9.CH2Cl2.2ClH.Pd.Sn/c1-18(2,3)22-17(21)20-13-11-14-7-9-15(10-8-14)16-6-4-5-12-19-16;2*1-4-10-16(11-5-1)19(17-12-6-2-7-13-17)18-14-8-3-9-15-18;1-13(2,3)17-12(16)15-9-8-10-4-6-11(14)7-5-10;14-9-8-11-4-6-12(7-5-11)13-3-1-2-10-15-13;1-9(2,3)14-7(11)13-8(12)15-10(4,5)6;9-8-3-1-7(2-4-8)5-6-10;1-2-4-6-5-3-1;3*1-3-4-2;2-1-3;;;;/h4-10,12H,11,13H2,1-3H3,(H,20,21);2*1-15H;4-7H,8-9H2,1-3H3,(H,15,16);1-7,10H,8-9,14H2;1-6H3;1-4H,5-6,10H2;1-4H;3*1,3-4H2,2H3;1H2;2*1H;;/q;;;;;;;;;;;;;;+2;/p-2. The second-order valence-corrected chi connectivity index (χ2v) is 58.7. The van der Waals surface area contributed by atoms with Crippen molar-refractivity contribution >= 4 is 168 Å². The van der Waals surface area contributed by atoms with Gasteiger partial charge in [-0.15, -0.1) is 23.2 Å². The van der Waals surface area contributed by atoms with E-state index in [0.29, 0.717) is 19.6 Å². The summed E-state index contributed by atoms with van der Waals surface area (Å²) in [6.07, 6.45) is 14.5. The average molecular weight is 2370 g/mol. The number of unbranched alkanes of at least 4 members (excludes halogenated alkanes) is 3. The summed E-state index contributed by atoms with van der Waals surface area (Å²) in [5.41, 5.74) is 17.7. The number of hydrogen-bond acceptors (Lipinski definition) is 14. The van der Waals surface area contributed by atoms with Crippen LogP contribution in [0.5, 0.6) is 0 Å². The summed E-state index contributed by atoms with van der Waals surface area (Å²) >= 11 is 14.0. The van der Waals surface area contributed by atoms with E-state index in [1.807, 2.05) is 139 Å². The molecular weight excluding hydrogens is 2220 g/mol. The number of ether oxygens (including phenoxy) is 5. The SMILES string of the molecule is CC(C)(C)OC(=O)NCCc1ccc(-c2ccccn2)cc1.CC(C)(C)OC(=O)NCCc1ccc(Br)cc1.CC(C)(C)OC(=O)OC(=O)OC(C)(C)C.CCC[CH2][Sn]([CH2]CCC)([CH2]CCC)[c]1ccccn1.ClCCl.NCCc1ccc(-c2ccccn2)cc1.NCCc1ccc(Br)cc1.[Cl][Pd][Cl].c1ccc(P(c2ccccc2)c2ccccc2)cc1.c1ccc(P(c2ccccc2)c2ccccc2)cc1. The average Bonchev–Trinajstić information content (AvgIpc) is 0.826. The van der Waals surface area contributed by atoms with Crippen LogP contribution in [0.2, 0.25) is 13.3 Å². The van der Waals surface area contributed by atoms with Crippen molar-refractivity contribution in [2.24, 2.45) is 11.5 Å². The third kappa shape index (κ3) is 56.7. The van der Waals surface area contributed by atoms with Gasteiger partial charge < -0.3 is 45.8 Å². The van der Waals surface area contributed by atoms with E-state index in [1.54, 1.807) is 51.4 Å². The molecule has 0 aliphatic rings. The Morgan fingerprint density at radius 2 is 0.585 bits per heavy atom. The summed E-state index contributed by atoms with van der Waals surface area (Å²) in [5, 5.41) is 14.1. The van der Waals surface area contributed by atoms with E-state index in [1.165, 1.54) is 100 Å². The minimum atomic E-state index is -2.21. The van der Waals surface area contributed by atoms with Gasteiger partial charge in [-0.2, -0.15) is 0 Å². The Bertz CT molecular complexity index is 5110. The number of benzene rings is 10. The normalized spacial score (nSPS) is 10.7. The van der Waals surface area contributed by atoms with Gasteiger partial charge in [0.1, 0.15) is 22.4 Å². The van der Waals surface area contributed by atoms with Crippen LogP contribution < -0.4 is 57.6 Å². The van der Waals surface area contributed by atoms with Gasteiger partial charge in [0.05, 0.1) is 16.7 Å². The summed E-state index contributed by atoms with van der Waals surface area (Å²) in [5.74, 6) is 0. The smallest absolute Gasteiger partial charge is 0.0134 e. The number of carbonyl (C=O) groups is 4. The number of pyridine rings is 3. The predicted molar refractivity (Wildman–Crippen MR) is 610 cm³/mol. The predicted octanol–water partition coefficient (Wildman–Crippen LogP) is 29.2. The molecule has 6 N–H and O–H groups in total. The zero-order valence-corrected chi connectivity index (χ0v) is 97.3. The van der Waals surface area contributed by atoms with E-state index < -0.39 is 68.9 Å². The van der Waals surface area contributed by atoms with Crippen molar-refractivity contribution in [1.29, 1.82) is 0 Å². The zero-order valence-electron chi connectivity index (χ0n) is 84.9. The van der Waals surface area contributed by atoms with Gasteiger partial charge in [-0.1, -0.05) is 299 Å². The summed E-state index contributed by atoms with van der Waals surface area (Å²) in [7, 11) is 8.74. The van der Waals surface area contributed by atoms with Crippen LogP contribution in [0, 0.1) is 0 Å². The number of aromatic nitrogens is 3. The Morgan fingerprint density at radius 3 is 0.810 bits per heavy atom.